The van der Waals surface area contributed by atoms with Crippen LogP contribution in [0.4, 0.5) is 0 Å². The number of nitrogens with zero attached hydrogens (tertiary/aromatic N) is 2. The maximum Gasteiger partial charge on any atom is 0.0441 e. The number of pyridine rings is 1. The maximum atomic E-state index is 6.59. The van der Waals surface area contributed by atoms with Gasteiger partial charge in [-0.2, -0.15) is 0 Å². The van der Waals surface area contributed by atoms with Gasteiger partial charge in [-0.15, -0.1) is 0 Å². The molecule has 0 bridgehead atoms. The molecule has 0 aliphatic heterocycles. The van der Waals surface area contributed by atoms with E-state index in [0.29, 0.717) is 0 Å². The second kappa shape index (κ2) is 7.88. The van der Waals surface area contributed by atoms with E-state index in [2.05, 4.69) is 75.8 Å². The van der Waals surface area contributed by atoms with Crippen LogP contribution in [0, 0.1) is 5.41 Å². The standard InChI is InChI=1S/C22H31ClN2/c1-21(2,3)19-10-9-18(20(23)12-19)13-22(4,5)16-25(6)15-17-8-7-11-24-14-17/h7-12,14H,13,15-16H2,1-6H3. The molecule has 0 atom stereocenters. The lowest BCUT2D eigenvalue weighted by Gasteiger charge is -2.31. The van der Waals surface area contributed by atoms with Crippen molar-refractivity contribution in [3.05, 3.63) is 64.4 Å². The predicted molar refractivity (Wildman–Crippen MR) is 108 cm³/mol. The van der Waals surface area contributed by atoms with Gasteiger partial charge in [0, 0.05) is 30.5 Å². The van der Waals surface area contributed by atoms with Crippen molar-refractivity contribution in [3.63, 3.8) is 0 Å². The Morgan fingerprint density at radius 1 is 1.08 bits per heavy atom. The summed E-state index contributed by atoms with van der Waals surface area (Å²) >= 11 is 6.59. The molecule has 0 N–H and O–H groups in total. The first-order valence-corrected chi connectivity index (χ1v) is 9.31. The summed E-state index contributed by atoms with van der Waals surface area (Å²) in [7, 11) is 2.17. The van der Waals surface area contributed by atoms with Crippen molar-refractivity contribution in [2.75, 3.05) is 13.6 Å². The summed E-state index contributed by atoms with van der Waals surface area (Å²) < 4.78 is 0. The average Bonchev–Trinajstić information content (AvgIpc) is 2.48. The van der Waals surface area contributed by atoms with Crippen molar-refractivity contribution in [3.8, 4) is 0 Å². The average molecular weight is 359 g/mol. The fourth-order valence-corrected chi connectivity index (χ4v) is 3.57. The van der Waals surface area contributed by atoms with Crippen molar-refractivity contribution >= 4 is 11.6 Å². The number of aromatic nitrogens is 1. The second-order valence-electron chi connectivity index (χ2n) is 8.93. The van der Waals surface area contributed by atoms with Crippen molar-refractivity contribution in [2.45, 2.75) is 53.0 Å². The Labute approximate surface area is 158 Å². The fourth-order valence-electron chi connectivity index (χ4n) is 3.32. The monoisotopic (exact) mass is 358 g/mol. The topological polar surface area (TPSA) is 16.1 Å². The molecule has 1 aromatic carbocycles. The molecule has 2 aromatic rings. The molecule has 0 radical (unpaired) electrons. The molecular weight excluding hydrogens is 328 g/mol. The summed E-state index contributed by atoms with van der Waals surface area (Å²) in [6, 6.07) is 10.7. The van der Waals surface area contributed by atoms with Gasteiger partial charge in [0.05, 0.1) is 0 Å². The molecule has 0 fully saturated rings. The first-order valence-electron chi connectivity index (χ1n) is 8.93. The highest BCUT2D eigenvalue weighted by atomic mass is 35.5. The van der Waals surface area contributed by atoms with E-state index >= 15 is 0 Å². The molecule has 3 heteroatoms. The third-order valence-electron chi connectivity index (χ3n) is 4.46. The number of hydrogen-bond donors (Lipinski definition) is 0. The van der Waals surface area contributed by atoms with Crippen LogP contribution < -0.4 is 0 Å². The lowest BCUT2D eigenvalue weighted by Crippen LogP contribution is -2.32. The number of hydrogen-bond acceptors (Lipinski definition) is 2. The van der Waals surface area contributed by atoms with Gasteiger partial charge in [-0.1, -0.05) is 64.4 Å². The van der Waals surface area contributed by atoms with Crippen LogP contribution >= 0.6 is 11.6 Å². The summed E-state index contributed by atoms with van der Waals surface area (Å²) in [5.74, 6) is 0. The minimum atomic E-state index is 0.127. The van der Waals surface area contributed by atoms with Crippen LogP contribution in [0.1, 0.15) is 51.3 Å². The van der Waals surface area contributed by atoms with E-state index in [1.165, 1.54) is 16.7 Å². The molecule has 1 aromatic heterocycles. The molecule has 25 heavy (non-hydrogen) atoms. The van der Waals surface area contributed by atoms with Gasteiger partial charge in [-0.25, -0.2) is 0 Å². The normalized spacial score (nSPS) is 12.6. The summed E-state index contributed by atoms with van der Waals surface area (Å²) in [5, 5.41) is 0.885. The quantitative estimate of drug-likeness (QED) is 0.655. The van der Waals surface area contributed by atoms with Crippen LogP contribution in [-0.4, -0.2) is 23.5 Å². The smallest absolute Gasteiger partial charge is 0.0441 e. The number of halogens is 1. The van der Waals surface area contributed by atoms with E-state index in [1.54, 1.807) is 0 Å². The third kappa shape index (κ3) is 6.13. The van der Waals surface area contributed by atoms with Crippen LogP contribution in [0.5, 0.6) is 0 Å². The van der Waals surface area contributed by atoms with E-state index in [0.717, 1.165) is 24.5 Å². The summed E-state index contributed by atoms with van der Waals surface area (Å²) in [4.78, 5) is 6.55. The van der Waals surface area contributed by atoms with E-state index in [9.17, 15) is 0 Å². The Morgan fingerprint density at radius 3 is 2.36 bits per heavy atom. The van der Waals surface area contributed by atoms with Crippen LogP contribution in [-0.2, 0) is 18.4 Å². The number of rotatable bonds is 6. The molecular formula is C22H31ClN2. The Morgan fingerprint density at radius 2 is 1.80 bits per heavy atom. The van der Waals surface area contributed by atoms with Crippen LogP contribution in [0.15, 0.2) is 42.7 Å². The fraction of sp³-hybridized carbons (Fsp3) is 0.500. The lowest BCUT2D eigenvalue weighted by atomic mass is 9.82. The zero-order chi connectivity index (χ0) is 18.7. The summed E-state index contributed by atoms with van der Waals surface area (Å²) in [6.07, 6.45) is 4.72. The van der Waals surface area contributed by atoms with Gasteiger partial charge in [-0.05, 0) is 53.1 Å². The Bertz CT molecular complexity index is 687. The first-order chi connectivity index (χ1) is 11.6. The predicted octanol–water partition coefficient (Wildman–Crippen LogP) is 5.73. The molecule has 0 saturated heterocycles. The van der Waals surface area contributed by atoms with Crippen LogP contribution in [0.3, 0.4) is 0 Å². The highest BCUT2D eigenvalue weighted by Crippen LogP contribution is 2.31. The minimum absolute atomic E-state index is 0.127. The molecule has 0 spiro atoms. The zero-order valence-electron chi connectivity index (χ0n) is 16.4. The van der Waals surface area contributed by atoms with Gasteiger partial charge in [-0.3, -0.25) is 4.98 Å². The van der Waals surface area contributed by atoms with Crippen molar-refractivity contribution in [2.24, 2.45) is 5.41 Å². The van der Waals surface area contributed by atoms with Crippen LogP contribution in [0.2, 0.25) is 5.02 Å². The number of benzene rings is 1. The molecule has 0 amide bonds. The Kier molecular flexibility index (Phi) is 6.29. The summed E-state index contributed by atoms with van der Waals surface area (Å²) in [5.41, 5.74) is 4.03. The highest BCUT2D eigenvalue weighted by Gasteiger charge is 2.23. The molecule has 0 aliphatic carbocycles. The van der Waals surface area contributed by atoms with Gasteiger partial charge in [0.25, 0.3) is 0 Å². The van der Waals surface area contributed by atoms with Gasteiger partial charge in [0.2, 0.25) is 0 Å². The Hall–Kier alpha value is -1.38. The molecule has 0 aliphatic rings. The van der Waals surface area contributed by atoms with Gasteiger partial charge in [0.1, 0.15) is 0 Å². The zero-order valence-corrected chi connectivity index (χ0v) is 17.2. The molecule has 0 unspecified atom stereocenters. The third-order valence-corrected chi connectivity index (χ3v) is 4.81. The molecule has 136 valence electrons. The van der Waals surface area contributed by atoms with E-state index in [4.69, 9.17) is 11.6 Å². The van der Waals surface area contributed by atoms with Crippen molar-refractivity contribution < 1.29 is 0 Å². The van der Waals surface area contributed by atoms with Crippen molar-refractivity contribution in [1.29, 1.82) is 0 Å². The van der Waals surface area contributed by atoms with E-state index in [1.807, 2.05) is 18.5 Å². The highest BCUT2D eigenvalue weighted by molar-refractivity contribution is 6.31. The lowest BCUT2D eigenvalue weighted by molar-refractivity contribution is 0.202. The van der Waals surface area contributed by atoms with Crippen molar-refractivity contribution in [1.82, 2.24) is 9.88 Å². The second-order valence-corrected chi connectivity index (χ2v) is 9.34. The van der Waals surface area contributed by atoms with E-state index in [-0.39, 0.29) is 10.8 Å². The molecule has 2 nitrogen and oxygen atoms in total. The largest absolute Gasteiger partial charge is 0.302 e. The molecule has 1 heterocycles. The van der Waals surface area contributed by atoms with E-state index < -0.39 is 0 Å². The minimum Gasteiger partial charge on any atom is -0.302 e. The Balaban J connectivity index is 2.03. The summed E-state index contributed by atoms with van der Waals surface area (Å²) in [6.45, 7) is 13.2. The van der Waals surface area contributed by atoms with Gasteiger partial charge >= 0.3 is 0 Å². The van der Waals surface area contributed by atoms with Crippen LogP contribution in [0.25, 0.3) is 0 Å². The van der Waals surface area contributed by atoms with Gasteiger partial charge < -0.3 is 4.90 Å². The van der Waals surface area contributed by atoms with Gasteiger partial charge in [0.15, 0.2) is 0 Å². The molecule has 2 rings (SSSR count). The first kappa shape index (κ1) is 19.9. The SMILES string of the molecule is CN(Cc1cccnc1)CC(C)(C)Cc1ccc(C(C)(C)C)cc1Cl. The maximum absolute atomic E-state index is 6.59. The molecule has 0 saturated carbocycles.